The lowest BCUT2D eigenvalue weighted by Crippen LogP contribution is -2.50. The van der Waals surface area contributed by atoms with Crippen molar-refractivity contribution < 1.29 is 22.4 Å². The zero-order chi connectivity index (χ0) is 26.7. The van der Waals surface area contributed by atoms with Crippen molar-refractivity contribution in [2.24, 2.45) is 5.92 Å². The van der Waals surface area contributed by atoms with Crippen LogP contribution in [0.4, 0.5) is 10.1 Å². The van der Waals surface area contributed by atoms with E-state index in [0.29, 0.717) is 31.6 Å². The highest BCUT2D eigenvalue weighted by atomic mass is 32.2. The number of nitrogens with one attached hydrogen (secondary N) is 1. The van der Waals surface area contributed by atoms with Crippen molar-refractivity contribution >= 4 is 27.5 Å². The van der Waals surface area contributed by atoms with Gasteiger partial charge in [0.05, 0.1) is 11.9 Å². The maximum Gasteiger partial charge on any atom is 0.242 e. The first-order chi connectivity index (χ1) is 17.0. The van der Waals surface area contributed by atoms with Gasteiger partial charge in [0, 0.05) is 26.1 Å². The third-order valence-corrected chi connectivity index (χ3v) is 7.02. The van der Waals surface area contributed by atoms with E-state index in [1.54, 1.807) is 4.90 Å². The van der Waals surface area contributed by atoms with Gasteiger partial charge < -0.3 is 10.2 Å². The molecule has 36 heavy (non-hydrogen) atoms. The second kappa shape index (κ2) is 14.0. The van der Waals surface area contributed by atoms with Crippen molar-refractivity contribution in [1.82, 2.24) is 10.2 Å². The monoisotopic (exact) mass is 519 g/mol. The van der Waals surface area contributed by atoms with Gasteiger partial charge in [-0.2, -0.15) is 0 Å². The predicted molar refractivity (Wildman–Crippen MR) is 142 cm³/mol. The SMILES string of the molecule is CCC(C(=O)NCC(C)C)N(CCc1ccccc1)C(=O)CCCN(c1ccc(F)cc1)S(C)(=O)=O. The van der Waals surface area contributed by atoms with Crippen LogP contribution in [0, 0.1) is 11.7 Å². The lowest BCUT2D eigenvalue weighted by atomic mass is 10.1. The van der Waals surface area contributed by atoms with Gasteiger partial charge in [-0.3, -0.25) is 13.9 Å². The van der Waals surface area contributed by atoms with Crippen LogP contribution in [0.15, 0.2) is 54.6 Å². The van der Waals surface area contributed by atoms with Gasteiger partial charge in [0.15, 0.2) is 0 Å². The highest BCUT2D eigenvalue weighted by Gasteiger charge is 2.28. The average molecular weight is 520 g/mol. The molecule has 0 aromatic heterocycles. The van der Waals surface area contributed by atoms with E-state index in [4.69, 9.17) is 0 Å². The summed E-state index contributed by atoms with van der Waals surface area (Å²) in [6.07, 6.45) is 2.49. The molecule has 0 saturated heterocycles. The molecule has 1 unspecified atom stereocenters. The van der Waals surface area contributed by atoms with Gasteiger partial charge in [0.1, 0.15) is 11.9 Å². The van der Waals surface area contributed by atoms with Crippen molar-refractivity contribution in [3.8, 4) is 0 Å². The second-order valence-corrected chi connectivity index (χ2v) is 11.2. The fourth-order valence-electron chi connectivity index (χ4n) is 3.93. The van der Waals surface area contributed by atoms with Gasteiger partial charge >= 0.3 is 0 Å². The highest BCUT2D eigenvalue weighted by Crippen LogP contribution is 2.19. The van der Waals surface area contributed by atoms with Crippen LogP contribution in [0.25, 0.3) is 0 Å². The number of benzene rings is 2. The lowest BCUT2D eigenvalue weighted by Gasteiger charge is -2.31. The maximum atomic E-state index is 13.3. The van der Waals surface area contributed by atoms with Gasteiger partial charge in [0.25, 0.3) is 0 Å². The highest BCUT2D eigenvalue weighted by molar-refractivity contribution is 7.92. The summed E-state index contributed by atoms with van der Waals surface area (Å²) in [6.45, 7) is 6.87. The molecule has 0 radical (unpaired) electrons. The molecule has 2 aromatic rings. The fourth-order valence-corrected chi connectivity index (χ4v) is 4.90. The number of nitrogens with zero attached hydrogens (tertiary/aromatic N) is 2. The van der Waals surface area contributed by atoms with E-state index in [1.165, 1.54) is 28.6 Å². The normalized spacial score (nSPS) is 12.3. The van der Waals surface area contributed by atoms with E-state index in [2.05, 4.69) is 5.32 Å². The Labute approximate surface area is 214 Å². The Balaban J connectivity index is 2.14. The average Bonchev–Trinajstić information content (AvgIpc) is 2.83. The molecule has 2 amide bonds. The molecule has 0 bridgehead atoms. The van der Waals surface area contributed by atoms with Gasteiger partial charge in [-0.1, -0.05) is 51.1 Å². The molecule has 2 aromatic carbocycles. The number of anilines is 1. The molecule has 1 atom stereocenters. The molecule has 198 valence electrons. The quantitative estimate of drug-likeness (QED) is 0.409. The van der Waals surface area contributed by atoms with E-state index in [0.717, 1.165) is 11.8 Å². The van der Waals surface area contributed by atoms with E-state index in [1.807, 2.05) is 51.1 Å². The van der Waals surface area contributed by atoms with Crippen molar-refractivity contribution in [1.29, 1.82) is 0 Å². The molecule has 0 heterocycles. The Kier molecular flexibility index (Phi) is 11.4. The number of carbonyl (C=O) groups is 2. The van der Waals surface area contributed by atoms with E-state index < -0.39 is 21.9 Å². The van der Waals surface area contributed by atoms with Crippen LogP contribution in [-0.2, 0) is 26.0 Å². The molecular formula is C27H38FN3O4S. The number of amides is 2. The van der Waals surface area contributed by atoms with Crippen LogP contribution in [0.5, 0.6) is 0 Å². The Hall–Kier alpha value is -2.94. The molecular weight excluding hydrogens is 481 g/mol. The number of halogens is 1. The Morgan fingerprint density at radius 1 is 1.00 bits per heavy atom. The minimum Gasteiger partial charge on any atom is -0.354 e. The molecule has 0 aliphatic carbocycles. The second-order valence-electron chi connectivity index (χ2n) is 9.30. The van der Waals surface area contributed by atoms with E-state index in [-0.39, 0.29) is 37.1 Å². The Morgan fingerprint density at radius 2 is 1.64 bits per heavy atom. The van der Waals surface area contributed by atoms with Gasteiger partial charge in [-0.25, -0.2) is 12.8 Å². The summed E-state index contributed by atoms with van der Waals surface area (Å²) >= 11 is 0. The Bertz CT molecular complexity index is 1080. The summed E-state index contributed by atoms with van der Waals surface area (Å²) in [5.41, 5.74) is 1.40. The van der Waals surface area contributed by atoms with Crippen LogP contribution in [-0.4, -0.2) is 57.1 Å². The zero-order valence-corrected chi connectivity index (χ0v) is 22.4. The molecule has 0 aliphatic heterocycles. The number of hydrogen-bond donors (Lipinski definition) is 1. The summed E-state index contributed by atoms with van der Waals surface area (Å²) in [5, 5.41) is 2.94. The predicted octanol–water partition coefficient (Wildman–Crippen LogP) is 3.99. The first-order valence-corrected chi connectivity index (χ1v) is 14.2. The number of rotatable bonds is 14. The molecule has 2 rings (SSSR count). The molecule has 0 saturated carbocycles. The Morgan fingerprint density at radius 3 is 2.19 bits per heavy atom. The minimum absolute atomic E-state index is 0.0685. The van der Waals surface area contributed by atoms with Crippen LogP contribution in [0.3, 0.4) is 0 Å². The smallest absolute Gasteiger partial charge is 0.242 e. The molecule has 9 heteroatoms. The minimum atomic E-state index is -3.62. The summed E-state index contributed by atoms with van der Waals surface area (Å²) < 4.78 is 39.2. The third-order valence-electron chi connectivity index (χ3n) is 5.82. The zero-order valence-electron chi connectivity index (χ0n) is 21.6. The molecule has 0 fully saturated rings. The standard InChI is InChI=1S/C27H38FN3O4S/c1-5-25(27(33)29-20-21(2)3)30(19-17-22-10-7-6-8-11-22)26(32)12-9-18-31(36(4,34)35)24-15-13-23(28)14-16-24/h6-8,10-11,13-16,21,25H,5,9,12,17-20H2,1-4H3,(H,29,33). The largest absolute Gasteiger partial charge is 0.354 e. The van der Waals surface area contributed by atoms with Gasteiger partial charge in [-0.15, -0.1) is 0 Å². The summed E-state index contributed by atoms with van der Waals surface area (Å²) in [7, 11) is -3.62. The van der Waals surface area contributed by atoms with Crippen LogP contribution < -0.4 is 9.62 Å². The topological polar surface area (TPSA) is 86.8 Å². The summed E-state index contributed by atoms with van der Waals surface area (Å²) in [5.74, 6) is -0.562. The maximum absolute atomic E-state index is 13.3. The number of sulfonamides is 1. The van der Waals surface area contributed by atoms with Crippen LogP contribution in [0.1, 0.15) is 45.6 Å². The van der Waals surface area contributed by atoms with E-state index >= 15 is 0 Å². The van der Waals surface area contributed by atoms with Crippen molar-refractivity contribution in [2.45, 2.75) is 52.5 Å². The first-order valence-electron chi connectivity index (χ1n) is 12.4. The van der Waals surface area contributed by atoms with E-state index in [9.17, 15) is 22.4 Å². The first kappa shape index (κ1) is 29.3. The van der Waals surface area contributed by atoms with Crippen LogP contribution >= 0.6 is 0 Å². The summed E-state index contributed by atoms with van der Waals surface area (Å²) in [4.78, 5) is 27.9. The van der Waals surface area contributed by atoms with Crippen molar-refractivity contribution in [3.63, 3.8) is 0 Å². The molecule has 0 spiro atoms. The number of hydrogen-bond acceptors (Lipinski definition) is 4. The van der Waals surface area contributed by atoms with Gasteiger partial charge in [0.2, 0.25) is 21.8 Å². The fraction of sp³-hybridized carbons (Fsp3) is 0.481. The van der Waals surface area contributed by atoms with Gasteiger partial charge in [-0.05, 0) is 55.0 Å². The van der Waals surface area contributed by atoms with Crippen LogP contribution in [0.2, 0.25) is 0 Å². The molecule has 1 N–H and O–H groups in total. The summed E-state index contributed by atoms with van der Waals surface area (Å²) in [6, 6.07) is 14.3. The lowest BCUT2D eigenvalue weighted by molar-refractivity contribution is -0.140. The molecule has 7 nitrogen and oxygen atoms in total. The molecule has 0 aliphatic rings. The number of carbonyl (C=O) groups excluding carboxylic acids is 2. The van der Waals surface area contributed by atoms with Crippen molar-refractivity contribution in [3.05, 3.63) is 66.0 Å². The third kappa shape index (κ3) is 9.26. The van der Waals surface area contributed by atoms with Crippen molar-refractivity contribution in [2.75, 3.05) is 30.2 Å².